The third-order valence-electron chi connectivity index (χ3n) is 4.58. The monoisotopic (exact) mass is 295 g/mol. The molecule has 1 aromatic heterocycles. The summed E-state index contributed by atoms with van der Waals surface area (Å²) in [6.45, 7) is 4.33. The van der Waals surface area contributed by atoms with Gasteiger partial charge in [-0.05, 0) is 43.5 Å². The van der Waals surface area contributed by atoms with Gasteiger partial charge >= 0.3 is 0 Å². The summed E-state index contributed by atoms with van der Waals surface area (Å²) in [6, 6.07) is 15.6. The molecule has 3 nitrogen and oxygen atoms in total. The van der Waals surface area contributed by atoms with Crippen LogP contribution in [0.25, 0.3) is 0 Å². The number of nitrogens with zero attached hydrogens (tertiary/aromatic N) is 2. The molecule has 1 unspecified atom stereocenters. The van der Waals surface area contributed by atoms with E-state index < -0.39 is 0 Å². The number of piperidine rings is 1. The number of likely N-dealkylation sites (tertiary alicyclic amines) is 1. The van der Waals surface area contributed by atoms with Crippen LogP contribution in [0.2, 0.25) is 0 Å². The molecule has 116 valence electrons. The number of benzene rings is 1. The van der Waals surface area contributed by atoms with E-state index in [0.29, 0.717) is 6.04 Å². The first kappa shape index (κ1) is 15.0. The largest absolute Gasteiger partial charge is 0.373 e. The van der Waals surface area contributed by atoms with Gasteiger partial charge in [-0.1, -0.05) is 42.8 Å². The van der Waals surface area contributed by atoms with E-state index in [1.54, 1.807) is 0 Å². The lowest BCUT2D eigenvalue weighted by Gasteiger charge is -2.36. The van der Waals surface area contributed by atoms with Crippen molar-refractivity contribution in [2.24, 2.45) is 0 Å². The lowest BCUT2D eigenvalue weighted by molar-refractivity contribution is 0.139. The normalized spacial score (nSPS) is 19.1. The topological polar surface area (TPSA) is 28.2 Å². The van der Waals surface area contributed by atoms with Gasteiger partial charge in [-0.15, -0.1) is 0 Å². The second kappa shape index (κ2) is 6.93. The number of rotatable bonds is 4. The van der Waals surface area contributed by atoms with Crippen LogP contribution in [-0.4, -0.2) is 23.5 Å². The van der Waals surface area contributed by atoms with E-state index in [9.17, 15) is 0 Å². The summed E-state index contributed by atoms with van der Waals surface area (Å²) in [5, 5.41) is 3.12. The first-order valence-electron chi connectivity index (χ1n) is 8.21. The van der Waals surface area contributed by atoms with Crippen molar-refractivity contribution in [1.82, 2.24) is 9.88 Å². The predicted octanol–water partition coefficient (Wildman–Crippen LogP) is 4.16. The van der Waals surface area contributed by atoms with E-state index in [1.165, 1.54) is 36.9 Å². The Morgan fingerprint density at radius 2 is 1.95 bits per heavy atom. The molecule has 22 heavy (non-hydrogen) atoms. The van der Waals surface area contributed by atoms with Crippen LogP contribution in [0.4, 0.5) is 5.82 Å². The van der Waals surface area contributed by atoms with Gasteiger partial charge in [0.05, 0.1) is 0 Å². The minimum absolute atomic E-state index is 0.493. The Hall–Kier alpha value is -1.87. The van der Waals surface area contributed by atoms with E-state index in [1.807, 2.05) is 7.05 Å². The molecule has 1 aliphatic rings. The second-order valence-corrected chi connectivity index (χ2v) is 6.09. The van der Waals surface area contributed by atoms with Crippen LogP contribution >= 0.6 is 0 Å². The highest BCUT2D eigenvalue weighted by Crippen LogP contribution is 2.33. The number of hydrogen-bond donors (Lipinski definition) is 1. The summed E-state index contributed by atoms with van der Waals surface area (Å²) in [7, 11) is 1.92. The Bertz CT molecular complexity index is 609. The molecule has 0 radical (unpaired) electrons. The summed E-state index contributed by atoms with van der Waals surface area (Å²) in [4.78, 5) is 7.28. The van der Waals surface area contributed by atoms with Crippen LogP contribution in [0.15, 0.2) is 42.5 Å². The molecule has 1 fully saturated rings. The number of nitrogens with one attached hydrogen (secondary N) is 1. The molecule has 1 atom stereocenters. The van der Waals surface area contributed by atoms with Crippen molar-refractivity contribution in [3.63, 3.8) is 0 Å². The van der Waals surface area contributed by atoms with Gasteiger partial charge in [0.15, 0.2) is 0 Å². The fraction of sp³-hybridized carbons (Fsp3) is 0.421. The van der Waals surface area contributed by atoms with Crippen LogP contribution in [-0.2, 0) is 6.54 Å². The van der Waals surface area contributed by atoms with Gasteiger partial charge in [-0.3, -0.25) is 4.90 Å². The summed E-state index contributed by atoms with van der Waals surface area (Å²) < 4.78 is 0. The molecule has 0 aliphatic carbocycles. The van der Waals surface area contributed by atoms with Gasteiger partial charge < -0.3 is 5.32 Å². The minimum atomic E-state index is 0.493. The van der Waals surface area contributed by atoms with Crippen molar-refractivity contribution in [2.45, 2.75) is 38.8 Å². The van der Waals surface area contributed by atoms with E-state index in [0.717, 1.165) is 18.1 Å². The zero-order chi connectivity index (χ0) is 15.4. The fourth-order valence-corrected chi connectivity index (χ4v) is 3.41. The summed E-state index contributed by atoms with van der Waals surface area (Å²) in [5.74, 6) is 0.951. The van der Waals surface area contributed by atoms with E-state index in [4.69, 9.17) is 0 Å². The SMILES string of the molecule is CNc1ccc(C2CCCCN2Cc2ccccc2)c(C)n1. The molecular weight excluding hydrogens is 270 g/mol. The Balaban J connectivity index is 1.83. The highest BCUT2D eigenvalue weighted by molar-refractivity contribution is 5.39. The molecule has 3 rings (SSSR count). The smallest absolute Gasteiger partial charge is 0.125 e. The van der Waals surface area contributed by atoms with Gasteiger partial charge in [0.1, 0.15) is 5.82 Å². The zero-order valence-electron chi connectivity index (χ0n) is 13.5. The number of aromatic nitrogens is 1. The zero-order valence-corrected chi connectivity index (χ0v) is 13.5. The van der Waals surface area contributed by atoms with Crippen molar-refractivity contribution in [3.8, 4) is 0 Å². The molecule has 1 saturated heterocycles. The van der Waals surface area contributed by atoms with Crippen molar-refractivity contribution in [3.05, 3.63) is 59.3 Å². The van der Waals surface area contributed by atoms with Gasteiger partial charge in [0, 0.05) is 25.3 Å². The van der Waals surface area contributed by atoms with Crippen molar-refractivity contribution >= 4 is 5.82 Å². The Kier molecular flexibility index (Phi) is 4.74. The number of aryl methyl sites for hydroxylation is 1. The average Bonchev–Trinajstić information content (AvgIpc) is 2.56. The molecular formula is C19H25N3. The molecule has 2 heterocycles. The van der Waals surface area contributed by atoms with Crippen LogP contribution in [0.3, 0.4) is 0 Å². The third-order valence-corrected chi connectivity index (χ3v) is 4.58. The quantitative estimate of drug-likeness (QED) is 0.918. The lowest BCUT2D eigenvalue weighted by atomic mass is 9.93. The molecule has 0 bridgehead atoms. The molecule has 0 amide bonds. The van der Waals surface area contributed by atoms with Crippen molar-refractivity contribution < 1.29 is 0 Å². The van der Waals surface area contributed by atoms with Crippen molar-refractivity contribution in [2.75, 3.05) is 18.9 Å². The first-order chi connectivity index (χ1) is 10.8. The minimum Gasteiger partial charge on any atom is -0.373 e. The molecule has 0 saturated carbocycles. The van der Waals surface area contributed by atoms with Gasteiger partial charge in [-0.25, -0.2) is 4.98 Å². The molecule has 1 aliphatic heterocycles. The standard InChI is InChI=1S/C19H25N3/c1-15-17(11-12-19(20-2)21-15)18-10-6-7-13-22(18)14-16-8-4-3-5-9-16/h3-5,8-9,11-12,18H,6-7,10,13-14H2,1-2H3,(H,20,21). The van der Waals surface area contributed by atoms with Gasteiger partial charge in [0.2, 0.25) is 0 Å². The summed E-state index contributed by atoms with van der Waals surface area (Å²) >= 11 is 0. The Morgan fingerprint density at radius 1 is 1.14 bits per heavy atom. The molecule has 3 heteroatoms. The third kappa shape index (κ3) is 3.30. The summed E-state index contributed by atoms with van der Waals surface area (Å²) in [5.41, 5.74) is 3.93. The maximum Gasteiger partial charge on any atom is 0.125 e. The maximum absolute atomic E-state index is 4.67. The fourth-order valence-electron chi connectivity index (χ4n) is 3.41. The highest BCUT2D eigenvalue weighted by Gasteiger charge is 2.25. The number of anilines is 1. The van der Waals surface area contributed by atoms with Crippen molar-refractivity contribution in [1.29, 1.82) is 0 Å². The predicted molar refractivity (Wildman–Crippen MR) is 92.0 cm³/mol. The van der Waals surface area contributed by atoms with E-state index >= 15 is 0 Å². The Labute approximate surface area is 133 Å². The first-order valence-corrected chi connectivity index (χ1v) is 8.21. The van der Waals surface area contributed by atoms with Gasteiger partial charge in [0.25, 0.3) is 0 Å². The van der Waals surface area contributed by atoms with Crippen LogP contribution < -0.4 is 5.32 Å². The average molecular weight is 295 g/mol. The number of pyridine rings is 1. The Morgan fingerprint density at radius 3 is 2.68 bits per heavy atom. The number of hydrogen-bond acceptors (Lipinski definition) is 3. The second-order valence-electron chi connectivity index (χ2n) is 6.09. The van der Waals surface area contributed by atoms with Crippen LogP contribution in [0, 0.1) is 6.92 Å². The molecule has 0 spiro atoms. The van der Waals surface area contributed by atoms with Crippen LogP contribution in [0.5, 0.6) is 0 Å². The highest BCUT2D eigenvalue weighted by atomic mass is 15.2. The van der Waals surface area contributed by atoms with Gasteiger partial charge in [-0.2, -0.15) is 0 Å². The molecule has 1 N–H and O–H groups in total. The van der Waals surface area contributed by atoms with E-state index in [-0.39, 0.29) is 0 Å². The molecule has 1 aromatic carbocycles. The maximum atomic E-state index is 4.67. The molecule has 2 aromatic rings. The van der Waals surface area contributed by atoms with E-state index in [2.05, 4.69) is 64.6 Å². The summed E-state index contributed by atoms with van der Waals surface area (Å²) in [6.07, 6.45) is 3.84. The lowest BCUT2D eigenvalue weighted by Crippen LogP contribution is -2.33. The van der Waals surface area contributed by atoms with Crippen LogP contribution in [0.1, 0.15) is 42.1 Å².